The van der Waals surface area contributed by atoms with Crippen LogP contribution in [-0.2, 0) is 14.0 Å². The van der Waals surface area contributed by atoms with Gasteiger partial charge in [-0.2, -0.15) is 0 Å². The highest BCUT2D eigenvalue weighted by molar-refractivity contribution is 6.74. The fourth-order valence-electron chi connectivity index (χ4n) is 5.27. The average Bonchev–Trinajstić information content (AvgIpc) is 3.43. The molecule has 2 aromatic carbocycles. The van der Waals surface area contributed by atoms with E-state index < -0.39 is 20.3 Å². The Bertz CT molecular complexity index is 1180. The Morgan fingerprint density at radius 1 is 0.944 bits per heavy atom. The summed E-state index contributed by atoms with van der Waals surface area (Å²) in [5.41, 5.74) is 2.73. The third-order valence-electron chi connectivity index (χ3n) is 8.21. The second-order valence-electron chi connectivity index (χ2n) is 11.2. The molecule has 0 unspecified atom stereocenters. The zero-order chi connectivity index (χ0) is 26.0. The Balaban J connectivity index is 1.73. The van der Waals surface area contributed by atoms with Crippen molar-refractivity contribution >= 4 is 14.3 Å². The first kappa shape index (κ1) is 24.8. The average molecular weight is 515 g/mol. The van der Waals surface area contributed by atoms with Crippen LogP contribution in [0.25, 0.3) is 0 Å². The van der Waals surface area contributed by atoms with Crippen molar-refractivity contribution in [3.63, 3.8) is 0 Å². The van der Waals surface area contributed by atoms with Gasteiger partial charge in [-0.15, -0.1) is 0 Å². The molecule has 0 amide bonds. The minimum absolute atomic E-state index is 0.0456. The number of ether oxygens (including phenoxy) is 5. The summed E-state index contributed by atoms with van der Waals surface area (Å²) in [6.07, 6.45) is -0.465. The van der Waals surface area contributed by atoms with Gasteiger partial charge in [0.15, 0.2) is 31.3 Å². The monoisotopic (exact) mass is 514 g/mol. The maximum Gasteiger partial charge on any atom is 0.312 e. The maximum atomic E-state index is 13.2. The zero-order valence-corrected chi connectivity index (χ0v) is 22.8. The second kappa shape index (κ2) is 8.59. The highest BCUT2D eigenvalue weighted by atomic mass is 28.4. The Morgan fingerprint density at radius 3 is 2.08 bits per heavy atom. The van der Waals surface area contributed by atoms with Crippen molar-refractivity contribution in [1.29, 1.82) is 0 Å². The molecular formula is C27H34O8Si. The van der Waals surface area contributed by atoms with E-state index in [1.54, 1.807) is 12.1 Å². The number of benzene rings is 2. The molecule has 36 heavy (non-hydrogen) atoms. The van der Waals surface area contributed by atoms with Crippen LogP contribution in [0.5, 0.6) is 28.7 Å². The number of carbonyl (C=O) groups is 1. The first-order valence-corrected chi connectivity index (χ1v) is 15.1. The molecule has 8 nitrogen and oxygen atoms in total. The first-order valence-electron chi connectivity index (χ1n) is 12.2. The van der Waals surface area contributed by atoms with Crippen LogP contribution in [0.1, 0.15) is 49.5 Å². The number of fused-ring (bicyclic) bond motifs is 3. The number of cyclic esters (lactones) is 1. The molecule has 2 aromatic rings. The minimum atomic E-state index is -2.27. The smallest absolute Gasteiger partial charge is 0.312 e. The SMILES string of the molecule is COc1cc([C@@H]2c3cc4c(cc3[C@@H](O[Si](C)(C)C(C)(C)C)[C@H]3C(=O)OC[C@H]23)OCO4)cc(OC)c1O. The lowest BCUT2D eigenvalue weighted by molar-refractivity contribution is -0.144. The Kier molecular flexibility index (Phi) is 5.91. The van der Waals surface area contributed by atoms with Crippen LogP contribution in [-0.4, -0.2) is 47.0 Å². The van der Waals surface area contributed by atoms with E-state index in [-0.39, 0.29) is 42.0 Å². The molecule has 0 saturated carbocycles. The lowest BCUT2D eigenvalue weighted by Gasteiger charge is -2.45. The normalized spacial score (nSPS) is 24.7. The number of esters is 1. The van der Waals surface area contributed by atoms with Gasteiger partial charge in [0.05, 0.1) is 32.8 Å². The highest BCUT2D eigenvalue weighted by Gasteiger charge is 2.55. The van der Waals surface area contributed by atoms with Crippen LogP contribution in [0.3, 0.4) is 0 Å². The van der Waals surface area contributed by atoms with Gasteiger partial charge in [0.1, 0.15) is 0 Å². The number of phenolic OH excluding ortho intramolecular Hbond substituents is 1. The van der Waals surface area contributed by atoms with Gasteiger partial charge in [-0.25, -0.2) is 0 Å². The molecule has 0 bridgehead atoms. The van der Waals surface area contributed by atoms with Gasteiger partial charge >= 0.3 is 5.97 Å². The van der Waals surface area contributed by atoms with Crippen molar-refractivity contribution in [2.75, 3.05) is 27.6 Å². The molecule has 0 radical (unpaired) electrons. The molecule has 0 spiro atoms. The van der Waals surface area contributed by atoms with Crippen molar-refractivity contribution < 1.29 is 38.0 Å². The molecular weight excluding hydrogens is 480 g/mol. The van der Waals surface area contributed by atoms with Gasteiger partial charge in [-0.3, -0.25) is 4.79 Å². The number of hydrogen-bond donors (Lipinski definition) is 1. The summed E-state index contributed by atoms with van der Waals surface area (Å²) in [4.78, 5) is 13.2. The fraction of sp³-hybridized carbons (Fsp3) is 0.519. The third-order valence-corrected chi connectivity index (χ3v) is 12.7. The molecule has 0 aromatic heterocycles. The first-order chi connectivity index (χ1) is 17.0. The molecule has 1 N–H and O–H groups in total. The van der Waals surface area contributed by atoms with Gasteiger partial charge in [0.25, 0.3) is 0 Å². The topological polar surface area (TPSA) is 92.7 Å². The molecule has 1 aliphatic carbocycles. The van der Waals surface area contributed by atoms with Crippen molar-refractivity contribution in [1.82, 2.24) is 0 Å². The highest BCUT2D eigenvalue weighted by Crippen LogP contribution is 2.57. The van der Waals surface area contributed by atoms with E-state index in [1.165, 1.54) is 14.2 Å². The van der Waals surface area contributed by atoms with E-state index in [9.17, 15) is 9.90 Å². The van der Waals surface area contributed by atoms with E-state index in [0.717, 1.165) is 16.7 Å². The number of phenols is 1. The Labute approximate surface area is 212 Å². The molecule has 2 heterocycles. The molecule has 1 saturated heterocycles. The maximum absolute atomic E-state index is 13.2. The van der Waals surface area contributed by atoms with Crippen LogP contribution in [0, 0.1) is 11.8 Å². The third kappa shape index (κ3) is 3.80. The summed E-state index contributed by atoms with van der Waals surface area (Å²) in [7, 11) is 0.732. The molecule has 2 aliphatic heterocycles. The van der Waals surface area contributed by atoms with Crippen molar-refractivity contribution in [2.24, 2.45) is 11.8 Å². The Morgan fingerprint density at radius 2 is 1.53 bits per heavy atom. The lowest BCUT2D eigenvalue weighted by atomic mass is 9.66. The second-order valence-corrected chi connectivity index (χ2v) is 16.0. The largest absolute Gasteiger partial charge is 0.502 e. The standard InChI is InChI=1S/C27H34O8Si/c1-27(2,3)36(6,7)35-25-16-11-19-18(33-13-34-19)10-15(16)22(17-12-32-26(29)23(17)25)14-8-20(30-4)24(28)21(9-14)31-5/h8-11,17,22-23,25,28H,12-13H2,1-7H3/t17-,22-,23+,25-/m1/s1. The number of carbonyl (C=O) groups excluding carboxylic acids is 1. The van der Waals surface area contributed by atoms with Gasteiger partial charge in [-0.1, -0.05) is 20.8 Å². The molecule has 5 rings (SSSR count). The summed E-state index contributed by atoms with van der Waals surface area (Å²) in [5.74, 6) is 0.666. The summed E-state index contributed by atoms with van der Waals surface area (Å²) in [5, 5.41) is 10.5. The minimum Gasteiger partial charge on any atom is -0.502 e. The van der Waals surface area contributed by atoms with Crippen LogP contribution < -0.4 is 18.9 Å². The number of hydrogen-bond acceptors (Lipinski definition) is 8. The van der Waals surface area contributed by atoms with E-state index in [1.807, 2.05) is 12.1 Å². The van der Waals surface area contributed by atoms with E-state index in [4.69, 9.17) is 28.1 Å². The quantitative estimate of drug-likeness (QED) is 0.433. The zero-order valence-electron chi connectivity index (χ0n) is 21.8. The summed E-state index contributed by atoms with van der Waals surface area (Å²) < 4.78 is 35.0. The van der Waals surface area contributed by atoms with Crippen LogP contribution in [0.4, 0.5) is 0 Å². The van der Waals surface area contributed by atoms with Crippen LogP contribution in [0.2, 0.25) is 18.1 Å². The van der Waals surface area contributed by atoms with E-state index >= 15 is 0 Å². The van der Waals surface area contributed by atoms with Gasteiger partial charge in [0.2, 0.25) is 12.5 Å². The van der Waals surface area contributed by atoms with E-state index in [2.05, 4.69) is 33.9 Å². The van der Waals surface area contributed by atoms with Gasteiger partial charge in [-0.05, 0) is 59.1 Å². The molecule has 1 fully saturated rings. The van der Waals surface area contributed by atoms with Crippen molar-refractivity contribution in [2.45, 2.75) is 50.9 Å². The van der Waals surface area contributed by atoms with Crippen LogP contribution in [0.15, 0.2) is 24.3 Å². The van der Waals surface area contributed by atoms with Crippen LogP contribution >= 0.6 is 0 Å². The van der Waals surface area contributed by atoms with E-state index in [0.29, 0.717) is 23.0 Å². The van der Waals surface area contributed by atoms with Crippen molar-refractivity contribution in [3.8, 4) is 28.7 Å². The molecule has 9 heteroatoms. The molecule has 4 atom stereocenters. The fourth-order valence-corrected chi connectivity index (χ4v) is 6.53. The summed E-state index contributed by atoms with van der Waals surface area (Å²) in [6, 6.07) is 7.55. The molecule has 194 valence electrons. The van der Waals surface area contributed by atoms with Gasteiger partial charge < -0.3 is 33.2 Å². The number of methoxy groups -OCH3 is 2. The van der Waals surface area contributed by atoms with Gasteiger partial charge in [0, 0.05) is 11.8 Å². The predicted octanol–water partition coefficient (Wildman–Crippen LogP) is 5.14. The predicted molar refractivity (Wildman–Crippen MR) is 135 cm³/mol. The summed E-state index contributed by atoms with van der Waals surface area (Å²) >= 11 is 0. The van der Waals surface area contributed by atoms with Crippen molar-refractivity contribution in [3.05, 3.63) is 41.0 Å². The summed E-state index contributed by atoms with van der Waals surface area (Å²) in [6.45, 7) is 11.4. The Hall–Kier alpha value is -2.91. The lowest BCUT2D eigenvalue weighted by Crippen LogP contribution is -2.46. The number of aromatic hydroxyl groups is 1. The molecule has 3 aliphatic rings. The number of rotatable bonds is 5.